The van der Waals surface area contributed by atoms with Crippen molar-refractivity contribution in [3.8, 4) is 10.7 Å². The van der Waals surface area contributed by atoms with Crippen LogP contribution in [0.15, 0.2) is 24.0 Å². The summed E-state index contributed by atoms with van der Waals surface area (Å²) >= 11 is 1.26. The van der Waals surface area contributed by atoms with Gasteiger partial charge in [-0.25, -0.2) is 9.78 Å². The molecule has 0 saturated heterocycles. The largest absolute Gasteiger partial charge is 0.480 e. The first-order valence-corrected chi connectivity index (χ1v) is 7.66. The number of thiazole rings is 1. The van der Waals surface area contributed by atoms with E-state index in [0.717, 1.165) is 0 Å². The van der Waals surface area contributed by atoms with Crippen molar-refractivity contribution in [1.29, 1.82) is 0 Å². The number of aromatic nitrogens is 3. The van der Waals surface area contributed by atoms with Crippen LogP contribution in [-0.4, -0.2) is 38.0 Å². The second-order valence-electron chi connectivity index (χ2n) is 4.80. The van der Waals surface area contributed by atoms with Gasteiger partial charge in [-0.05, 0) is 5.92 Å². The highest BCUT2D eigenvalue weighted by atomic mass is 32.1. The lowest BCUT2D eigenvalue weighted by Crippen LogP contribution is -2.45. The summed E-state index contributed by atoms with van der Waals surface area (Å²) in [5, 5.41) is 13.9. The fraction of sp³-hybridized carbons (Fsp3) is 0.357. The number of carboxylic acids is 1. The molecule has 0 aliphatic carbocycles. The minimum atomic E-state index is -1.05. The Morgan fingerprint density at radius 2 is 2.18 bits per heavy atom. The topological polar surface area (TPSA) is 105 Å². The summed E-state index contributed by atoms with van der Waals surface area (Å²) in [6.07, 6.45) is 5.30. The van der Waals surface area contributed by atoms with E-state index >= 15 is 0 Å². The summed E-state index contributed by atoms with van der Waals surface area (Å²) in [5.41, 5.74) is 0.753. The van der Waals surface area contributed by atoms with Crippen LogP contribution in [0.5, 0.6) is 0 Å². The molecule has 2 atom stereocenters. The Morgan fingerprint density at radius 3 is 2.77 bits per heavy atom. The molecule has 8 heteroatoms. The van der Waals surface area contributed by atoms with Crippen LogP contribution < -0.4 is 5.32 Å². The predicted molar refractivity (Wildman–Crippen MR) is 81.5 cm³/mol. The molecule has 0 aliphatic heterocycles. The molecule has 0 aliphatic rings. The molecule has 0 aromatic carbocycles. The first-order chi connectivity index (χ1) is 10.5. The highest BCUT2D eigenvalue weighted by Gasteiger charge is 2.26. The third-order valence-corrected chi connectivity index (χ3v) is 4.15. The number of nitrogens with zero attached hydrogens (tertiary/aromatic N) is 3. The second-order valence-corrected chi connectivity index (χ2v) is 5.66. The van der Waals surface area contributed by atoms with Crippen molar-refractivity contribution in [2.24, 2.45) is 5.92 Å². The van der Waals surface area contributed by atoms with Crippen LogP contribution in [0, 0.1) is 5.92 Å². The lowest BCUT2D eigenvalue weighted by molar-refractivity contribution is -0.140. The summed E-state index contributed by atoms with van der Waals surface area (Å²) in [4.78, 5) is 35.6. The van der Waals surface area contributed by atoms with Gasteiger partial charge in [-0.3, -0.25) is 14.8 Å². The van der Waals surface area contributed by atoms with Crippen LogP contribution in [-0.2, 0) is 4.79 Å². The molecule has 2 aromatic heterocycles. The van der Waals surface area contributed by atoms with Gasteiger partial charge in [-0.15, -0.1) is 11.3 Å². The van der Waals surface area contributed by atoms with Crippen molar-refractivity contribution in [1.82, 2.24) is 20.3 Å². The van der Waals surface area contributed by atoms with E-state index in [1.54, 1.807) is 30.9 Å². The average molecular weight is 320 g/mol. The molecule has 22 heavy (non-hydrogen) atoms. The molecule has 0 unspecified atom stereocenters. The van der Waals surface area contributed by atoms with Crippen LogP contribution in [0.1, 0.15) is 30.8 Å². The Hall–Kier alpha value is -2.35. The Balaban J connectivity index is 2.13. The first-order valence-electron chi connectivity index (χ1n) is 6.78. The fourth-order valence-electron chi connectivity index (χ4n) is 1.80. The normalized spacial score (nSPS) is 13.4. The quantitative estimate of drug-likeness (QED) is 0.841. The summed E-state index contributed by atoms with van der Waals surface area (Å²) in [7, 11) is 0. The van der Waals surface area contributed by atoms with Gasteiger partial charge in [0.15, 0.2) is 0 Å². The molecule has 0 radical (unpaired) electrons. The van der Waals surface area contributed by atoms with E-state index in [1.807, 2.05) is 6.92 Å². The smallest absolute Gasteiger partial charge is 0.326 e. The zero-order chi connectivity index (χ0) is 16.1. The van der Waals surface area contributed by atoms with Gasteiger partial charge in [0.2, 0.25) is 0 Å². The Kier molecular flexibility index (Phi) is 5.16. The third kappa shape index (κ3) is 3.64. The Morgan fingerprint density at radius 1 is 1.41 bits per heavy atom. The lowest BCUT2D eigenvalue weighted by Gasteiger charge is -2.19. The average Bonchev–Trinajstić information content (AvgIpc) is 3.02. The van der Waals surface area contributed by atoms with E-state index in [0.29, 0.717) is 17.1 Å². The number of carbonyl (C=O) groups is 2. The van der Waals surface area contributed by atoms with Crippen molar-refractivity contribution >= 4 is 23.2 Å². The van der Waals surface area contributed by atoms with Crippen LogP contribution >= 0.6 is 11.3 Å². The zero-order valence-electron chi connectivity index (χ0n) is 12.2. The third-order valence-electron chi connectivity index (χ3n) is 3.28. The van der Waals surface area contributed by atoms with Gasteiger partial charge in [0.05, 0.1) is 6.20 Å². The number of hydrogen-bond donors (Lipinski definition) is 2. The maximum atomic E-state index is 12.2. The molecule has 116 valence electrons. The molecule has 0 spiro atoms. The molecule has 1 amide bonds. The van der Waals surface area contributed by atoms with Crippen LogP contribution in [0.3, 0.4) is 0 Å². The summed E-state index contributed by atoms with van der Waals surface area (Å²) < 4.78 is 0. The van der Waals surface area contributed by atoms with Gasteiger partial charge in [-0.1, -0.05) is 20.3 Å². The van der Waals surface area contributed by atoms with Gasteiger partial charge in [0, 0.05) is 17.8 Å². The van der Waals surface area contributed by atoms with E-state index in [-0.39, 0.29) is 11.6 Å². The molecule has 2 aromatic rings. The number of nitrogens with one attached hydrogen (secondary N) is 1. The molecule has 0 bridgehead atoms. The predicted octanol–water partition coefficient (Wildman–Crippen LogP) is 1.83. The number of carbonyl (C=O) groups excluding carboxylic acids is 1. The van der Waals surface area contributed by atoms with Gasteiger partial charge >= 0.3 is 5.97 Å². The molecular formula is C14H16N4O3S. The van der Waals surface area contributed by atoms with Gasteiger partial charge in [0.25, 0.3) is 5.91 Å². The number of aliphatic carboxylic acids is 1. The molecular weight excluding hydrogens is 304 g/mol. The van der Waals surface area contributed by atoms with Crippen molar-refractivity contribution < 1.29 is 14.7 Å². The molecule has 0 fully saturated rings. The van der Waals surface area contributed by atoms with Gasteiger partial charge in [0.1, 0.15) is 22.4 Å². The minimum Gasteiger partial charge on any atom is -0.480 e. The molecule has 0 saturated carbocycles. The number of carboxylic acid groups (broad SMARTS) is 1. The van der Waals surface area contributed by atoms with E-state index in [2.05, 4.69) is 20.3 Å². The number of hydrogen-bond acceptors (Lipinski definition) is 6. The van der Waals surface area contributed by atoms with Crippen molar-refractivity contribution in [2.45, 2.75) is 26.3 Å². The van der Waals surface area contributed by atoms with Crippen molar-refractivity contribution in [2.75, 3.05) is 0 Å². The maximum absolute atomic E-state index is 12.2. The van der Waals surface area contributed by atoms with Crippen molar-refractivity contribution in [3.05, 3.63) is 29.7 Å². The van der Waals surface area contributed by atoms with E-state index in [1.165, 1.54) is 11.3 Å². The Bertz CT molecular complexity index is 659. The van der Waals surface area contributed by atoms with E-state index in [9.17, 15) is 14.7 Å². The van der Waals surface area contributed by atoms with Crippen molar-refractivity contribution in [3.63, 3.8) is 0 Å². The minimum absolute atomic E-state index is 0.167. The number of amides is 1. The Labute approximate surface area is 131 Å². The standard InChI is InChI=1S/C14H16N4O3S/c1-3-8(2)11(14(20)21)18-12(19)10-7-22-13(17-10)9-6-15-4-5-16-9/h4-8,11H,3H2,1-2H3,(H,18,19)(H,20,21)/t8-,11-/m0/s1. The first kappa shape index (κ1) is 16.0. The summed E-state index contributed by atoms with van der Waals surface area (Å²) in [6.45, 7) is 3.66. The fourth-order valence-corrected chi connectivity index (χ4v) is 2.56. The lowest BCUT2D eigenvalue weighted by atomic mass is 9.99. The van der Waals surface area contributed by atoms with E-state index in [4.69, 9.17) is 0 Å². The molecule has 2 heterocycles. The second kappa shape index (κ2) is 7.08. The van der Waals surface area contributed by atoms with Gasteiger partial charge < -0.3 is 10.4 Å². The number of rotatable bonds is 6. The highest BCUT2D eigenvalue weighted by Crippen LogP contribution is 2.21. The molecule has 7 nitrogen and oxygen atoms in total. The monoisotopic (exact) mass is 320 g/mol. The SMILES string of the molecule is CC[C@H](C)[C@H](NC(=O)c1csc(-c2cnccn2)n1)C(=O)O. The molecule has 2 rings (SSSR count). The van der Waals surface area contributed by atoms with E-state index < -0.39 is 17.9 Å². The maximum Gasteiger partial charge on any atom is 0.326 e. The molecule has 2 N–H and O–H groups in total. The van der Waals surface area contributed by atoms with Crippen LogP contribution in [0.2, 0.25) is 0 Å². The van der Waals surface area contributed by atoms with Crippen LogP contribution in [0.25, 0.3) is 10.7 Å². The van der Waals surface area contributed by atoms with Crippen LogP contribution in [0.4, 0.5) is 0 Å². The van der Waals surface area contributed by atoms with Gasteiger partial charge in [-0.2, -0.15) is 0 Å². The zero-order valence-corrected chi connectivity index (χ0v) is 13.0. The summed E-state index contributed by atoms with van der Waals surface area (Å²) in [6, 6.07) is -0.931. The summed E-state index contributed by atoms with van der Waals surface area (Å²) in [5.74, 6) is -1.72. The highest BCUT2D eigenvalue weighted by molar-refractivity contribution is 7.13.